The number of carbonyl (C=O) groups excluding carboxylic acids is 1. The Labute approximate surface area is 171 Å². The lowest BCUT2D eigenvalue weighted by atomic mass is 9.96. The summed E-state index contributed by atoms with van der Waals surface area (Å²) >= 11 is 1.59. The predicted molar refractivity (Wildman–Crippen MR) is 106 cm³/mol. The van der Waals surface area contributed by atoms with Gasteiger partial charge in [0.25, 0.3) is 0 Å². The number of piperidine rings is 1. The number of fused-ring (bicyclic) bond motifs is 1. The lowest BCUT2D eigenvalue weighted by Crippen LogP contribution is -2.38. The minimum Gasteiger partial charge on any atom is -0.357 e. The Morgan fingerprint density at radius 1 is 1.14 bits per heavy atom. The molecule has 9 heteroatoms. The van der Waals surface area contributed by atoms with Gasteiger partial charge in [-0.25, -0.2) is 9.97 Å². The molecule has 0 bridgehead atoms. The van der Waals surface area contributed by atoms with Crippen LogP contribution in [0, 0.1) is 5.92 Å². The molecule has 1 fully saturated rings. The van der Waals surface area contributed by atoms with Gasteiger partial charge in [0.1, 0.15) is 5.82 Å². The van der Waals surface area contributed by atoms with Crippen molar-refractivity contribution in [2.45, 2.75) is 51.1 Å². The molecule has 0 atom stereocenters. The minimum absolute atomic E-state index is 0.0195. The maximum absolute atomic E-state index is 12.7. The van der Waals surface area contributed by atoms with Crippen molar-refractivity contribution in [3.63, 3.8) is 0 Å². The van der Waals surface area contributed by atoms with Gasteiger partial charge in [0.2, 0.25) is 5.91 Å². The fourth-order valence-electron chi connectivity index (χ4n) is 3.90. The lowest BCUT2D eigenvalue weighted by molar-refractivity contribution is -0.137. The second-order valence-electron chi connectivity index (χ2n) is 7.60. The van der Waals surface area contributed by atoms with E-state index in [-0.39, 0.29) is 11.8 Å². The number of hydrogen-bond acceptors (Lipinski definition) is 5. The summed E-state index contributed by atoms with van der Waals surface area (Å²) in [5.41, 5.74) is 0.378. The Hall–Kier alpha value is -2.16. The number of thiazole rings is 1. The van der Waals surface area contributed by atoms with Gasteiger partial charge in [-0.05, 0) is 50.7 Å². The first-order chi connectivity index (χ1) is 13.9. The molecule has 0 aromatic carbocycles. The molecule has 4 rings (SSSR count). The van der Waals surface area contributed by atoms with Crippen LogP contribution in [0.2, 0.25) is 0 Å². The van der Waals surface area contributed by atoms with Crippen molar-refractivity contribution in [2.24, 2.45) is 5.92 Å². The number of alkyl halides is 3. The van der Waals surface area contributed by atoms with Gasteiger partial charge in [0.05, 0.1) is 11.3 Å². The van der Waals surface area contributed by atoms with Crippen LogP contribution in [0.1, 0.15) is 48.2 Å². The van der Waals surface area contributed by atoms with Crippen molar-refractivity contribution in [1.82, 2.24) is 9.97 Å². The Morgan fingerprint density at radius 2 is 1.90 bits per heavy atom. The molecule has 2 aromatic heterocycles. The van der Waals surface area contributed by atoms with Crippen molar-refractivity contribution in [3.8, 4) is 0 Å². The van der Waals surface area contributed by atoms with Crippen LogP contribution in [0.3, 0.4) is 0 Å². The molecular formula is C20H23F3N4OS. The highest BCUT2D eigenvalue weighted by Gasteiger charge is 2.31. The highest BCUT2D eigenvalue weighted by molar-refractivity contribution is 7.15. The van der Waals surface area contributed by atoms with Gasteiger partial charge in [-0.15, -0.1) is 11.3 Å². The number of amides is 1. The Bertz CT molecular complexity index is 834. The Kier molecular flexibility index (Phi) is 5.76. The molecule has 5 nitrogen and oxygen atoms in total. The molecule has 1 aliphatic heterocycles. The molecule has 1 N–H and O–H groups in total. The van der Waals surface area contributed by atoms with Crippen LogP contribution in [0.15, 0.2) is 18.3 Å². The molecule has 0 saturated carbocycles. The van der Waals surface area contributed by atoms with E-state index >= 15 is 0 Å². The SMILES string of the molecule is O=C(Nc1nc2c(s1)CCCCC2)C1CCN(c2ccc(C(F)(F)F)cn2)CC1. The molecule has 29 heavy (non-hydrogen) atoms. The summed E-state index contributed by atoms with van der Waals surface area (Å²) in [6, 6.07) is 2.44. The smallest absolute Gasteiger partial charge is 0.357 e. The molecule has 2 aromatic rings. The second kappa shape index (κ2) is 8.30. The number of halogens is 3. The fraction of sp³-hybridized carbons (Fsp3) is 0.550. The van der Waals surface area contributed by atoms with Crippen LogP contribution in [-0.4, -0.2) is 29.0 Å². The predicted octanol–water partition coefficient (Wildman–Crippen LogP) is 4.68. The monoisotopic (exact) mass is 424 g/mol. The van der Waals surface area contributed by atoms with Gasteiger partial charge >= 0.3 is 6.18 Å². The molecule has 156 valence electrons. The fourth-order valence-corrected chi connectivity index (χ4v) is 4.95. The minimum atomic E-state index is -4.38. The second-order valence-corrected chi connectivity index (χ2v) is 8.69. The van der Waals surface area contributed by atoms with E-state index in [9.17, 15) is 18.0 Å². The molecule has 0 radical (unpaired) electrons. The number of pyridine rings is 1. The van der Waals surface area contributed by atoms with Crippen molar-refractivity contribution in [3.05, 3.63) is 34.5 Å². The third-order valence-electron chi connectivity index (χ3n) is 5.59. The van der Waals surface area contributed by atoms with Gasteiger partial charge < -0.3 is 10.2 Å². The zero-order chi connectivity index (χ0) is 20.4. The van der Waals surface area contributed by atoms with Gasteiger partial charge in [-0.2, -0.15) is 13.2 Å². The first kappa shape index (κ1) is 20.1. The summed E-state index contributed by atoms with van der Waals surface area (Å²) in [6.07, 6.45) is 3.35. The summed E-state index contributed by atoms with van der Waals surface area (Å²) in [6.45, 7) is 1.18. The van der Waals surface area contributed by atoms with E-state index in [0.29, 0.717) is 36.9 Å². The van der Waals surface area contributed by atoms with Crippen molar-refractivity contribution in [1.29, 1.82) is 0 Å². The van der Waals surface area contributed by atoms with Gasteiger partial charge in [-0.1, -0.05) is 6.42 Å². The van der Waals surface area contributed by atoms with Crippen LogP contribution in [0.5, 0.6) is 0 Å². The first-order valence-electron chi connectivity index (χ1n) is 9.98. The topological polar surface area (TPSA) is 58.1 Å². The van der Waals surface area contributed by atoms with Crippen LogP contribution < -0.4 is 10.2 Å². The molecule has 0 unspecified atom stereocenters. The first-order valence-corrected chi connectivity index (χ1v) is 10.8. The van der Waals surface area contributed by atoms with E-state index in [1.807, 2.05) is 4.90 Å². The maximum Gasteiger partial charge on any atom is 0.417 e. The van der Waals surface area contributed by atoms with Crippen molar-refractivity contribution < 1.29 is 18.0 Å². The molecule has 1 saturated heterocycles. The van der Waals surface area contributed by atoms with Gasteiger partial charge in [0.15, 0.2) is 5.13 Å². The van der Waals surface area contributed by atoms with Gasteiger partial charge in [0, 0.05) is 30.1 Å². The average Bonchev–Trinajstić information content (AvgIpc) is 2.95. The third kappa shape index (κ3) is 4.71. The van der Waals surface area contributed by atoms with E-state index in [0.717, 1.165) is 37.2 Å². The Balaban J connectivity index is 1.32. The standard InChI is InChI=1S/C20H23F3N4OS/c21-20(22,23)14-6-7-17(24-12-14)27-10-8-13(9-11-27)18(28)26-19-25-15-4-2-1-3-5-16(15)29-19/h6-7,12-13H,1-5,8-11H2,(H,25,26,28). The Morgan fingerprint density at radius 3 is 2.59 bits per heavy atom. The number of nitrogens with one attached hydrogen (secondary N) is 1. The average molecular weight is 424 g/mol. The maximum atomic E-state index is 12.7. The summed E-state index contributed by atoms with van der Waals surface area (Å²) in [7, 11) is 0. The third-order valence-corrected chi connectivity index (χ3v) is 6.66. The summed E-state index contributed by atoms with van der Waals surface area (Å²) < 4.78 is 38.0. The zero-order valence-electron chi connectivity index (χ0n) is 16.0. The number of carbonyl (C=O) groups is 1. The van der Waals surface area contributed by atoms with Crippen LogP contribution in [0.4, 0.5) is 24.1 Å². The highest BCUT2D eigenvalue weighted by Crippen LogP contribution is 2.31. The van der Waals surface area contributed by atoms with Crippen LogP contribution in [-0.2, 0) is 23.8 Å². The highest BCUT2D eigenvalue weighted by atomic mass is 32.1. The number of anilines is 2. The zero-order valence-corrected chi connectivity index (χ0v) is 16.8. The van der Waals surface area contributed by atoms with Crippen LogP contribution in [0.25, 0.3) is 0 Å². The van der Waals surface area contributed by atoms with E-state index in [1.54, 1.807) is 11.3 Å². The normalized spacial score (nSPS) is 18.2. The van der Waals surface area contributed by atoms with E-state index in [4.69, 9.17) is 0 Å². The lowest BCUT2D eigenvalue weighted by Gasteiger charge is -2.32. The van der Waals surface area contributed by atoms with Crippen molar-refractivity contribution >= 4 is 28.2 Å². The number of hydrogen-bond donors (Lipinski definition) is 1. The molecular weight excluding hydrogens is 401 g/mol. The van der Waals surface area contributed by atoms with E-state index in [2.05, 4.69) is 15.3 Å². The molecule has 1 amide bonds. The number of nitrogens with zero attached hydrogens (tertiary/aromatic N) is 3. The van der Waals surface area contributed by atoms with Crippen molar-refractivity contribution in [2.75, 3.05) is 23.3 Å². The summed E-state index contributed by atoms with van der Waals surface area (Å²) in [5.74, 6) is 0.374. The largest absolute Gasteiger partial charge is 0.417 e. The number of aryl methyl sites for hydroxylation is 2. The van der Waals surface area contributed by atoms with E-state index < -0.39 is 11.7 Å². The number of rotatable bonds is 3. The molecule has 1 aliphatic carbocycles. The molecule has 3 heterocycles. The van der Waals surface area contributed by atoms with Crippen LogP contribution >= 0.6 is 11.3 Å². The summed E-state index contributed by atoms with van der Waals surface area (Å²) in [5, 5.41) is 3.67. The quantitative estimate of drug-likeness (QED) is 0.727. The van der Waals surface area contributed by atoms with E-state index in [1.165, 1.54) is 23.8 Å². The number of aromatic nitrogens is 2. The summed E-state index contributed by atoms with van der Waals surface area (Å²) in [4.78, 5) is 24.4. The molecule has 2 aliphatic rings. The van der Waals surface area contributed by atoms with Gasteiger partial charge in [-0.3, -0.25) is 4.79 Å². The molecule has 0 spiro atoms.